The molecule has 0 spiro atoms. The maximum absolute atomic E-state index is 2.50. The van der Waals surface area contributed by atoms with Gasteiger partial charge in [0, 0.05) is 22.4 Å². The second-order valence-electron chi connectivity index (χ2n) is 18.7. The summed E-state index contributed by atoms with van der Waals surface area (Å²) in [4.78, 5) is 0. The van der Waals surface area contributed by atoms with Crippen LogP contribution in [0.25, 0.3) is 83.1 Å². The lowest BCUT2D eigenvalue weighted by molar-refractivity contribution is 0.776. The molecule has 0 fully saturated rings. The summed E-state index contributed by atoms with van der Waals surface area (Å²) in [5.74, 6) is 0.149. The van der Waals surface area contributed by atoms with Gasteiger partial charge >= 0.3 is 0 Å². The predicted octanol–water partition coefficient (Wildman–Crippen LogP) is 17.3. The highest BCUT2D eigenvalue weighted by Crippen LogP contribution is 2.59. The Kier molecular flexibility index (Phi) is 8.94. The molecule has 2 aliphatic rings. The zero-order chi connectivity index (χ0) is 45.5. The van der Waals surface area contributed by atoms with Crippen LogP contribution < -0.4 is 0 Å². The second-order valence-corrected chi connectivity index (χ2v) is 18.7. The van der Waals surface area contributed by atoms with E-state index in [9.17, 15) is 0 Å². The summed E-state index contributed by atoms with van der Waals surface area (Å²) in [5.41, 5.74) is 24.7. The average molecular weight is 876 g/mol. The number of fused-ring (bicyclic) bond motifs is 10. The van der Waals surface area contributed by atoms with E-state index in [4.69, 9.17) is 0 Å². The van der Waals surface area contributed by atoms with E-state index in [1.54, 1.807) is 0 Å². The molecule has 1 unspecified atom stereocenters. The van der Waals surface area contributed by atoms with Gasteiger partial charge in [-0.05, 0) is 131 Å². The van der Waals surface area contributed by atoms with Crippen LogP contribution in [0.2, 0.25) is 0 Å². The highest BCUT2D eigenvalue weighted by atomic mass is 15.0. The van der Waals surface area contributed by atoms with Crippen molar-refractivity contribution in [1.82, 2.24) is 4.57 Å². The molecule has 1 heteroatoms. The van der Waals surface area contributed by atoms with Gasteiger partial charge in [-0.2, -0.15) is 0 Å². The van der Waals surface area contributed by atoms with Gasteiger partial charge in [-0.15, -0.1) is 0 Å². The van der Waals surface area contributed by atoms with Crippen LogP contribution in [0.15, 0.2) is 267 Å². The molecule has 322 valence electrons. The van der Waals surface area contributed by atoms with Crippen molar-refractivity contribution >= 4 is 21.8 Å². The van der Waals surface area contributed by atoms with Crippen molar-refractivity contribution in [3.05, 3.63) is 306 Å². The van der Waals surface area contributed by atoms with E-state index in [1.165, 1.54) is 116 Å². The molecule has 0 amide bonds. The Balaban J connectivity index is 1.01. The summed E-state index contributed by atoms with van der Waals surface area (Å²) in [7, 11) is 0. The molecule has 0 saturated heterocycles. The van der Waals surface area contributed by atoms with Gasteiger partial charge < -0.3 is 4.57 Å². The van der Waals surface area contributed by atoms with Crippen LogP contribution >= 0.6 is 0 Å². The van der Waals surface area contributed by atoms with Gasteiger partial charge in [0.05, 0.1) is 16.4 Å². The Bertz CT molecular complexity index is 3880. The molecule has 0 N–H and O–H groups in total. The van der Waals surface area contributed by atoms with Crippen LogP contribution in [0.4, 0.5) is 0 Å². The van der Waals surface area contributed by atoms with Crippen molar-refractivity contribution in [1.29, 1.82) is 0 Å². The van der Waals surface area contributed by atoms with Crippen LogP contribution in [0.3, 0.4) is 0 Å². The molecule has 1 nitrogen and oxygen atoms in total. The first-order valence-electron chi connectivity index (χ1n) is 24.1. The van der Waals surface area contributed by atoms with Crippen LogP contribution in [-0.4, -0.2) is 4.57 Å². The predicted molar refractivity (Wildman–Crippen MR) is 287 cm³/mol. The van der Waals surface area contributed by atoms with Crippen LogP contribution in [-0.2, 0) is 5.41 Å². The van der Waals surface area contributed by atoms with Crippen molar-refractivity contribution in [3.8, 4) is 61.3 Å². The number of benzene rings is 11. The summed E-state index contributed by atoms with van der Waals surface area (Å²) >= 11 is 0. The first kappa shape index (κ1) is 39.4. The summed E-state index contributed by atoms with van der Waals surface area (Å²) in [5, 5.41) is 2.53. The fraction of sp³-hybridized carbons (Fsp3) is 0.0294. The minimum atomic E-state index is -0.565. The summed E-state index contributed by atoms with van der Waals surface area (Å²) in [6.45, 7) is 0. The topological polar surface area (TPSA) is 4.93 Å². The molecular weight excluding hydrogens is 831 g/mol. The number of hydrogen-bond donors (Lipinski definition) is 0. The molecule has 14 rings (SSSR count). The van der Waals surface area contributed by atoms with Crippen molar-refractivity contribution < 1.29 is 0 Å². The Morgan fingerprint density at radius 1 is 0.319 bits per heavy atom. The Morgan fingerprint density at radius 2 is 0.841 bits per heavy atom. The largest absolute Gasteiger partial charge is 0.309 e. The summed E-state index contributed by atoms with van der Waals surface area (Å²) in [6, 6.07) is 99.4. The maximum atomic E-state index is 2.50. The minimum absolute atomic E-state index is 0.149. The molecule has 69 heavy (non-hydrogen) atoms. The molecule has 1 aromatic heterocycles. The van der Waals surface area contributed by atoms with E-state index >= 15 is 0 Å². The first-order valence-corrected chi connectivity index (χ1v) is 24.1. The highest BCUT2D eigenvalue weighted by Gasteiger charge is 2.48. The quantitative estimate of drug-likeness (QED) is 0.150. The minimum Gasteiger partial charge on any atom is -0.309 e. The van der Waals surface area contributed by atoms with Crippen molar-refractivity contribution in [3.63, 3.8) is 0 Å². The number of hydrogen-bond acceptors (Lipinski definition) is 0. The van der Waals surface area contributed by atoms with E-state index in [2.05, 4.69) is 271 Å². The van der Waals surface area contributed by atoms with E-state index in [1.807, 2.05) is 0 Å². The lowest BCUT2D eigenvalue weighted by atomic mass is 9.67. The van der Waals surface area contributed by atoms with Gasteiger partial charge in [-0.1, -0.05) is 231 Å². The molecule has 0 radical (unpaired) electrons. The lowest BCUT2D eigenvalue weighted by Crippen LogP contribution is -2.28. The number of aromatic nitrogens is 1. The third-order valence-corrected chi connectivity index (χ3v) is 15.2. The van der Waals surface area contributed by atoms with E-state index in [0.29, 0.717) is 0 Å². The highest BCUT2D eigenvalue weighted by molar-refractivity contribution is 6.16. The SMILES string of the molecule is c1ccc(-c2ccc(-n3c4ccc(-c5ccc6c(c5)-c5ccccc5C6c5cccc(-c6ccccc6)c5)cc4c4c5c(ccc43)-c3ccccc3C5(c3ccccc3)c3ccccc3)cc2)cc1. The van der Waals surface area contributed by atoms with Crippen molar-refractivity contribution in [2.24, 2.45) is 0 Å². The number of nitrogens with zero attached hydrogens (tertiary/aromatic N) is 1. The fourth-order valence-corrected chi connectivity index (χ4v) is 12.2. The van der Waals surface area contributed by atoms with E-state index in [0.717, 1.165) is 5.69 Å². The molecule has 0 bridgehead atoms. The fourth-order valence-electron chi connectivity index (χ4n) is 12.2. The van der Waals surface area contributed by atoms with Gasteiger partial charge in [0.1, 0.15) is 0 Å². The first-order chi connectivity index (χ1) is 34.2. The van der Waals surface area contributed by atoms with Gasteiger partial charge in [0.2, 0.25) is 0 Å². The molecule has 1 heterocycles. The molecule has 0 aliphatic heterocycles. The van der Waals surface area contributed by atoms with Crippen molar-refractivity contribution in [2.75, 3.05) is 0 Å². The van der Waals surface area contributed by atoms with Gasteiger partial charge in [-0.25, -0.2) is 0 Å². The second kappa shape index (κ2) is 15.7. The Labute approximate surface area is 402 Å². The maximum Gasteiger partial charge on any atom is 0.0720 e. The van der Waals surface area contributed by atoms with E-state index in [-0.39, 0.29) is 5.92 Å². The zero-order valence-corrected chi connectivity index (χ0v) is 37.9. The molecule has 1 atom stereocenters. The average Bonchev–Trinajstić information content (AvgIpc) is 4.06. The smallest absolute Gasteiger partial charge is 0.0720 e. The monoisotopic (exact) mass is 875 g/mol. The summed E-state index contributed by atoms with van der Waals surface area (Å²) < 4.78 is 2.50. The zero-order valence-electron chi connectivity index (χ0n) is 37.9. The van der Waals surface area contributed by atoms with Crippen molar-refractivity contribution in [2.45, 2.75) is 11.3 Å². The Morgan fingerprint density at radius 3 is 1.57 bits per heavy atom. The molecule has 0 saturated carbocycles. The van der Waals surface area contributed by atoms with Gasteiger partial charge in [0.15, 0.2) is 0 Å². The summed E-state index contributed by atoms with van der Waals surface area (Å²) in [6.07, 6.45) is 0. The molecule has 12 aromatic rings. The third-order valence-electron chi connectivity index (χ3n) is 15.2. The van der Waals surface area contributed by atoms with Gasteiger partial charge in [0.25, 0.3) is 0 Å². The van der Waals surface area contributed by atoms with E-state index < -0.39 is 5.41 Å². The van der Waals surface area contributed by atoms with Crippen LogP contribution in [0.5, 0.6) is 0 Å². The standard InChI is InChI=1S/C68H45N/c1-5-18-45(19-6-1)47-32-36-54(37-33-47)69-63-40-35-50(49-34-38-58-60(43-49)55-28-13-14-30-57(55)65(58)51-23-17-22-48(42-51)46-20-7-2-8-21-46)44-61(63)66-64(69)41-39-59-56-29-15-16-31-62(56)68(67(59)66,52-24-9-3-10-25-52)53-26-11-4-12-27-53/h1-44,65H. The lowest BCUT2D eigenvalue weighted by Gasteiger charge is -2.34. The van der Waals surface area contributed by atoms with Crippen LogP contribution in [0.1, 0.15) is 44.9 Å². The number of rotatable bonds is 7. The Hall–Kier alpha value is -8.78. The molecule has 11 aromatic carbocycles. The normalized spacial score (nSPS) is 14.1. The molecular formula is C68H45N. The van der Waals surface area contributed by atoms with Crippen LogP contribution in [0, 0.1) is 0 Å². The molecule has 2 aliphatic carbocycles. The third kappa shape index (κ3) is 5.97. The van der Waals surface area contributed by atoms with Gasteiger partial charge in [-0.3, -0.25) is 0 Å².